The summed E-state index contributed by atoms with van der Waals surface area (Å²) in [5.41, 5.74) is 5.28. The van der Waals surface area contributed by atoms with Gasteiger partial charge in [-0.2, -0.15) is 18.3 Å². The first-order valence-corrected chi connectivity index (χ1v) is 11.1. The van der Waals surface area contributed by atoms with Crippen molar-refractivity contribution in [3.8, 4) is 0 Å². The first-order valence-electron chi connectivity index (χ1n) is 11.1. The normalized spacial score (nSPS) is 17.3. The molecule has 0 saturated heterocycles. The van der Waals surface area contributed by atoms with Crippen molar-refractivity contribution in [3.63, 3.8) is 0 Å². The summed E-state index contributed by atoms with van der Waals surface area (Å²) in [6, 6.07) is 5.78. The van der Waals surface area contributed by atoms with Crippen LogP contribution in [0.1, 0.15) is 76.8 Å². The third kappa shape index (κ3) is 9.25. The van der Waals surface area contributed by atoms with Gasteiger partial charge in [-0.15, -0.1) is 0 Å². The van der Waals surface area contributed by atoms with E-state index in [1.165, 1.54) is 12.1 Å². The molecule has 2 atom stereocenters. The highest BCUT2D eigenvalue weighted by molar-refractivity contribution is 6.03. The Kier molecular flexibility index (Phi) is 11.7. The number of carbonyl (C=O) groups excluding carboxylic acids is 1. The lowest BCUT2D eigenvalue weighted by atomic mass is 9.88. The van der Waals surface area contributed by atoms with Gasteiger partial charge in [0.05, 0.1) is 11.3 Å². The Hall–Kier alpha value is -2.63. The maximum atomic E-state index is 12.7. The number of carbonyl (C=O) groups is 1. The fourth-order valence-electron chi connectivity index (χ4n) is 3.43. The maximum absolute atomic E-state index is 12.7. The molecule has 1 N–H and O–H groups in total. The van der Waals surface area contributed by atoms with Crippen molar-refractivity contribution in [1.29, 1.82) is 0 Å². The molecule has 0 saturated carbocycles. The number of nitrogens with one attached hydrogen (secondary N) is 1. The number of Topliss-reactive ketones (excluding diaryl/α,β-unsaturated/α-hetero) is 1. The van der Waals surface area contributed by atoms with Crippen molar-refractivity contribution >= 4 is 11.5 Å². The van der Waals surface area contributed by atoms with Gasteiger partial charge in [0.1, 0.15) is 5.78 Å². The third-order valence-electron chi connectivity index (χ3n) is 5.09. The largest absolute Gasteiger partial charge is 0.416 e. The van der Waals surface area contributed by atoms with Crippen molar-refractivity contribution in [2.24, 2.45) is 5.10 Å². The Morgan fingerprint density at radius 2 is 2.06 bits per heavy atom. The standard InChI is InChI=1S/C15H19F3O.C11H16N2/c1-3-6-11(10-14(19)4-2)12-7-5-8-13(9-12)15(16,17)18;1-4-6-10(7-5-2)11-8-9(3)12-13-11/h5,7-9,11H,3-4,6,10H2,1-2H3;4-7,9,12H,1,8H2,2-3H3/b;7-5-,10-6+. The minimum Gasteiger partial charge on any atom is -0.307 e. The molecule has 0 spiro atoms. The average Bonchev–Trinajstić information content (AvgIpc) is 3.19. The fourth-order valence-corrected chi connectivity index (χ4v) is 3.43. The van der Waals surface area contributed by atoms with E-state index in [4.69, 9.17) is 0 Å². The summed E-state index contributed by atoms with van der Waals surface area (Å²) in [5.74, 6) is -0.0180. The molecule has 0 aliphatic carbocycles. The second-order valence-corrected chi connectivity index (χ2v) is 7.86. The highest BCUT2D eigenvalue weighted by Crippen LogP contribution is 2.33. The van der Waals surface area contributed by atoms with Gasteiger partial charge in [-0.3, -0.25) is 4.79 Å². The molecule has 3 nitrogen and oxygen atoms in total. The number of benzene rings is 1. The Morgan fingerprint density at radius 1 is 1.34 bits per heavy atom. The van der Waals surface area contributed by atoms with E-state index in [0.29, 0.717) is 24.4 Å². The van der Waals surface area contributed by atoms with Gasteiger partial charge < -0.3 is 5.43 Å². The first-order chi connectivity index (χ1) is 15.2. The Bertz CT molecular complexity index is 838. The highest BCUT2D eigenvalue weighted by Gasteiger charge is 2.31. The van der Waals surface area contributed by atoms with Crippen LogP contribution in [-0.2, 0) is 11.0 Å². The van der Waals surface area contributed by atoms with Gasteiger partial charge in [0.2, 0.25) is 0 Å². The van der Waals surface area contributed by atoms with Gasteiger partial charge >= 0.3 is 6.18 Å². The number of nitrogens with zero attached hydrogens (tertiary/aromatic N) is 1. The van der Waals surface area contributed by atoms with Crippen LogP contribution in [0.25, 0.3) is 0 Å². The van der Waals surface area contributed by atoms with Crippen molar-refractivity contribution in [1.82, 2.24) is 5.43 Å². The summed E-state index contributed by atoms with van der Waals surface area (Å²) in [6.07, 6.45) is 6.84. The van der Waals surface area contributed by atoms with E-state index in [-0.39, 0.29) is 11.7 Å². The molecule has 0 aromatic heterocycles. The molecular weight excluding hydrogens is 413 g/mol. The predicted molar refractivity (Wildman–Crippen MR) is 127 cm³/mol. The smallest absolute Gasteiger partial charge is 0.307 e. The molecule has 0 fully saturated rings. The molecular formula is C26H35F3N2O. The van der Waals surface area contributed by atoms with E-state index in [1.807, 2.05) is 26.0 Å². The zero-order valence-corrected chi connectivity index (χ0v) is 19.5. The van der Waals surface area contributed by atoms with Crippen LogP contribution in [0.5, 0.6) is 0 Å². The lowest BCUT2D eigenvalue weighted by Crippen LogP contribution is -2.13. The van der Waals surface area contributed by atoms with E-state index < -0.39 is 11.7 Å². The highest BCUT2D eigenvalue weighted by atomic mass is 19.4. The molecule has 32 heavy (non-hydrogen) atoms. The second-order valence-electron chi connectivity index (χ2n) is 7.86. The number of allylic oxidation sites excluding steroid dienone is 5. The van der Waals surface area contributed by atoms with Crippen molar-refractivity contribution in [2.75, 3.05) is 0 Å². The minimum atomic E-state index is -4.33. The summed E-state index contributed by atoms with van der Waals surface area (Å²) in [5, 5.41) is 4.25. The molecule has 0 amide bonds. The SMILES string of the molecule is C=C/C=C(\C=C/C)C1=NNC(C)C1.CCCC(CC(=O)CC)c1cccc(C(F)(F)F)c1. The van der Waals surface area contributed by atoms with Gasteiger partial charge in [0, 0.05) is 25.3 Å². The quantitative estimate of drug-likeness (QED) is 0.401. The second kappa shape index (κ2) is 13.7. The average molecular weight is 449 g/mol. The van der Waals surface area contributed by atoms with Gasteiger partial charge in [0.25, 0.3) is 0 Å². The zero-order chi connectivity index (χ0) is 24.1. The molecule has 176 valence electrons. The molecule has 2 unspecified atom stereocenters. The number of ketones is 1. The van der Waals surface area contributed by atoms with Crippen molar-refractivity contribution in [2.45, 2.75) is 77.9 Å². The Labute approximate surface area is 190 Å². The lowest BCUT2D eigenvalue weighted by Gasteiger charge is -2.17. The van der Waals surface area contributed by atoms with Crippen LogP contribution < -0.4 is 5.43 Å². The predicted octanol–water partition coefficient (Wildman–Crippen LogP) is 7.37. The number of halogens is 3. The Balaban J connectivity index is 0.000000343. The van der Waals surface area contributed by atoms with E-state index in [2.05, 4.69) is 30.1 Å². The molecule has 1 aromatic carbocycles. The molecule has 1 aromatic rings. The first kappa shape index (κ1) is 27.4. The van der Waals surface area contributed by atoms with Crippen LogP contribution in [-0.4, -0.2) is 17.5 Å². The third-order valence-corrected chi connectivity index (χ3v) is 5.09. The fraction of sp³-hybridized carbons (Fsp3) is 0.462. The number of hydrazone groups is 1. The van der Waals surface area contributed by atoms with E-state index >= 15 is 0 Å². The maximum Gasteiger partial charge on any atom is 0.416 e. The van der Waals surface area contributed by atoms with Crippen LogP contribution in [0.15, 0.2) is 65.8 Å². The molecule has 1 heterocycles. The molecule has 2 rings (SSSR count). The van der Waals surface area contributed by atoms with Crippen LogP contribution >= 0.6 is 0 Å². The topological polar surface area (TPSA) is 41.5 Å². The lowest BCUT2D eigenvalue weighted by molar-refractivity contribution is -0.137. The summed E-state index contributed by atoms with van der Waals surface area (Å²) in [6.45, 7) is 11.6. The molecule has 0 radical (unpaired) electrons. The zero-order valence-electron chi connectivity index (χ0n) is 19.5. The van der Waals surface area contributed by atoms with Crippen LogP contribution in [0.4, 0.5) is 13.2 Å². The van der Waals surface area contributed by atoms with E-state index in [0.717, 1.165) is 36.6 Å². The van der Waals surface area contributed by atoms with Crippen molar-refractivity contribution < 1.29 is 18.0 Å². The number of alkyl halides is 3. The summed E-state index contributed by atoms with van der Waals surface area (Å²) >= 11 is 0. The molecule has 1 aliphatic heterocycles. The monoisotopic (exact) mass is 448 g/mol. The molecule has 0 bridgehead atoms. The molecule has 1 aliphatic rings. The summed E-state index contributed by atoms with van der Waals surface area (Å²) in [7, 11) is 0. The summed E-state index contributed by atoms with van der Waals surface area (Å²) in [4.78, 5) is 11.5. The van der Waals surface area contributed by atoms with Gasteiger partial charge in [-0.05, 0) is 43.4 Å². The van der Waals surface area contributed by atoms with Gasteiger partial charge in [0.15, 0.2) is 0 Å². The minimum absolute atomic E-state index is 0.0934. The number of hydrogen-bond acceptors (Lipinski definition) is 3. The summed E-state index contributed by atoms with van der Waals surface area (Å²) < 4.78 is 38.0. The number of hydrogen-bond donors (Lipinski definition) is 1. The van der Waals surface area contributed by atoms with E-state index in [9.17, 15) is 18.0 Å². The van der Waals surface area contributed by atoms with Gasteiger partial charge in [-0.25, -0.2) is 0 Å². The molecule has 6 heteroatoms. The van der Waals surface area contributed by atoms with Crippen molar-refractivity contribution in [3.05, 3.63) is 71.8 Å². The van der Waals surface area contributed by atoms with Crippen LogP contribution in [0, 0.1) is 0 Å². The number of rotatable bonds is 9. The van der Waals surface area contributed by atoms with Crippen LogP contribution in [0.3, 0.4) is 0 Å². The van der Waals surface area contributed by atoms with E-state index in [1.54, 1.807) is 19.1 Å². The Morgan fingerprint density at radius 3 is 2.56 bits per heavy atom. The van der Waals surface area contributed by atoms with Crippen LogP contribution in [0.2, 0.25) is 0 Å². The van der Waals surface area contributed by atoms with Gasteiger partial charge in [-0.1, -0.05) is 69.4 Å².